The first kappa shape index (κ1) is 14.6. The van der Waals surface area contributed by atoms with Crippen LogP contribution in [0.5, 0.6) is 0 Å². The lowest BCUT2D eigenvalue weighted by Gasteiger charge is -1.99. The van der Waals surface area contributed by atoms with Gasteiger partial charge in [0.05, 0.1) is 4.47 Å². The van der Waals surface area contributed by atoms with Crippen LogP contribution in [-0.4, -0.2) is 19.8 Å². The molecule has 0 fully saturated rings. The Kier molecular flexibility index (Phi) is 4.97. The van der Waals surface area contributed by atoms with Crippen molar-refractivity contribution < 1.29 is 8.42 Å². The molecule has 0 aliphatic rings. The Balaban J connectivity index is 3.39. The third-order valence-corrected chi connectivity index (χ3v) is 6.79. The van der Waals surface area contributed by atoms with Crippen molar-refractivity contribution in [2.75, 3.05) is 6.26 Å². The Bertz CT molecular complexity index is 540. The Hall–Kier alpha value is 0.530. The maximum Gasteiger partial charge on any atom is 0.288 e. The number of hydrogen-bond acceptors (Lipinski definition) is 4. The summed E-state index contributed by atoms with van der Waals surface area (Å²) in [5, 5.41) is -0.0645. The molecule has 10 heteroatoms. The maximum atomic E-state index is 11.8. The van der Waals surface area contributed by atoms with Crippen molar-refractivity contribution in [2.45, 2.75) is 4.90 Å². The molecule has 0 radical (unpaired) electrons. The quantitative estimate of drug-likeness (QED) is 0.628. The lowest BCUT2D eigenvalue weighted by Crippen LogP contribution is -2.10. The Labute approximate surface area is 119 Å². The number of sulfonamides is 1. The number of nitrogens with zero attached hydrogens (tertiary/aromatic N) is 1. The fraction of sp³-hybridized carbons (Fsp3) is 0.167. The second-order valence-electron chi connectivity index (χ2n) is 2.40. The summed E-state index contributed by atoms with van der Waals surface area (Å²) in [5.74, 6) is 0. The molecule has 4 nitrogen and oxygen atoms in total. The number of thiophene rings is 1. The molecule has 0 saturated carbocycles. The molecule has 16 heavy (non-hydrogen) atoms. The fourth-order valence-electron chi connectivity index (χ4n) is 0.761. The number of rotatable bonds is 2. The number of amidine groups is 1. The van der Waals surface area contributed by atoms with Crippen molar-refractivity contribution in [1.29, 1.82) is 0 Å². The van der Waals surface area contributed by atoms with E-state index in [1.54, 1.807) is 6.26 Å². The first-order valence-electron chi connectivity index (χ1n) is 3.57. The van der Waals surface area contributed by atoms with Crippen molar-refractivity contribution in [1.82, 2.24) is 0 Å². The molecule has 0 bridgehead atoms. The molecule has 0 amide bonds. The van der Waals surface area contributed by atoms with E-state index in [1.807, 2.05) is 0 Å². The lowest BCUT2D eigenvalue weighted by atomic mass is 10.7. The van der Waals surface area contributed by atoms with Gasteiger partial charge in [0.2, 0.25) is 0 Å². The van der Waals surface area contributed by atoms with Crippen molar-refractivity contribution >= 4 is 77.4 Å². The van der Waals surface area contributed by atoms with E-state index in [0.717, 1.165) is 23.1 Å². The molecular weight excluding hydrogens is 379 g/mol. The number of halogens is 3. The van der Waals surface area contributed by atoms with E-state index in [0.29, 0.717) is 0 Å². The molecule has 1 heterocycles. The number of thioether (sulfide) groups is 1. The van der Waals surface area contributed by atoms with Gasteiger partial charge in [-0.1, -0.05) is 35.0 Å². The van der Waals surface area contributed by atoms with Gasteiger partial charge in [0.1, 0.15) is 13.6 Å². The van der Waals surface area contributed by atoms with Gasteiger partial charge in [-0.25, -0.2) is 0 Å². The van der Waals surface area contributed by atoms with Crippen LogP contribution in [0.2, 0.25) is 8.67 Å². The summed E-state index contributed by atoms with van der Waals surface area (Å²) < 4.78 is 27.5. The average molecular weight is 384 g/mol. The molecule has 0 aliphatic carbocycles. The second-order valence-corrected chi connectivity index (χ2v) is 7.79. The van der Waals surface area contributed by atoms with Crippen molar-refractivity contribution in [3.05, 3.63) is 13.1 Å². The third-order valence-electron chi connectivity index (χ3n) is 1.41. The van der Waals surface area contributed by atoms with Gasteiger partial charge in [0.25, 0.3) is 10.0 Å². The molecule has 1 rings (SSSR count). The SMILES string of the molecule is CSC(N)=NS(=O)(=O)c1c(Cl)sc(Cl)c1Br. The van der Waals surface area contributed by atoms with Crippen LogP contribution in [-0.2, 0) is 10.0 Å². The van der Waals surface area contributed by atoms with Gasteiger partial charge in [-0.2, -0.15) is 8.42 Å². The molecule has 0 spiro atoms. The largest absolute Gasteiger partial charge is 0.378 e. The van der Waals surface area contributed by atoms with Crippen LogP contribution in [0.15, 0.2) is 13.8 Å². The van der Waals surface area contributed by atoms with Crippen LogP contribution in [0.4, 0.5) is 0 Å². The highest BCUT2D eigenvalue weighted by Gasteiger charge is 2.26. The van der Waals surface area contributed by atoms with Crippen molar-refractivity contribution in [3.8, 4) is 0 Å². The zero-order chi connectivity index (χ0) is 12.5. The van der Waals surface area contributed by atoms with Crippen LogP contribution >= 0.6 is 62.2 Å². The summed E-state index contributed by atoms with van der Waals surface area (Å²) in [5.41, 5.74) is 5.35. The summed E-state index contributed by atoms with van der Waals surface area (Å²) in [4.78, 5) is -0.152. The second kappa shape index (κ2) is 5.45. The third kappa shape index (κ3) is 3.05. The summed E-state index contributed by atoms with van der Waals surface area (Å²) in [6.07, 6.45) is 1.62. The van der Waals surface area contributed by atoms with Crippen molar-refractivity contribution in [2.24, 2.45) is 10.1 Å². The first-order valence-corrected chi connectivity index (χ1v) is 8.60. The van der Waals surface area contributed by atoms with E-state index in [4.69, 9.17) is 28.9 Å². The van der Waals surface area contributed by atoms with Gasteiger partial charge >= 0.3 is 0 Å². The zero-order valence-electron chi connectivity index (χ0n) is 7.70. The van der Waals surface area contributed by atoms with Crippen LogP contribution in [0.3, 0.4) is 0 Å². The normalized spacial score (nSPS) is 13.1. The minimum Gasteiger partial charge on any atom is -0.378 e. The molecule has 0 saturated heterocycles. The summed E-state index contributed by atoms with van der Waals surface area (Å²) in [6, 6.07) is 0. The predicted molar refractivity (Wildman–Crippen MR) is 74.4 cm³/mol. The van der Waals surface area contributed by atoms with Crippen LogP contribution < -0.4 is 5.73 Å². The minimum atomic E-state index is -3.92. The van der Waals surface area contributed by atoms with E-state index in [9.17, 15) is 8.42 Å². The molecule has 0 atom stereocenters. The fourth-order valence-corrected chi connectivity index (χ4v) is 5.68. The Morgan fingerprint density at radius 3 is 2.44 bits per heavy atom. The highest BCUT2D eigenvalue weighted by molar-refractivity contribution is 9.10. The van der Waals surface area contributed by atoms with Gasteiger partial charge in [0.15, 0.2) is 5.17 Å². The van der Waals surface area contributed by atoms with E-state index in [2.05, 4.69) is 20.3 Å². The smallest absolute Gasteiger partial charge is 0.288 e. The first-order chi connectivity index (χ1) is 7.29. The topological polar surface area (TPSA) is 72.5 Å². The van der Waals surface area contributed by atoms with Crippen molar-refractivity contribution in [3.63, 3.8) is 0 Å². The molecule has 1 aromatic rings. The van der Waals surface area contributed by atoms with Crippen LogP contribution in [0.1, 0.15) is 0 Å². The van der Waals surface area contributed by atoms with E-state index >= 15 is 0 Å². The highest BCUT2D eigenvalue weighted by Crippen LogP contribution is 2.43. The lowest BCUT2D eigenvalue weighted by molar-refractivity contribution is 0.598. The molecule has 0 aromatic carbocycles. The maximum absolute atomic E-state index is 11.8. The van der Waals surface area contributed by atoms with Gasteiger partial charge < -0.3 is 5.73 Å². The molecule has 2 N–H and O–H groups in total. The van der Waals surface area contributed by atoms with Gasteiger partial charge in [-0.15, -0.1) is 15.7 Å². The van der Waals surface area contributed by atoms with Gasteiger partial charge in [-0.3, -0.25) is 0 Å². The Morgan fingerprint density at radius 1 is 1.50 bits per heavy atom. The number of nitrogens with two attached hydrogens (primary N) is 1. The van der Waals surface area contributed by atoms with E-state index in [1.165, 1.54) is 0 Å². The summed E-state index contributed by atoms with van der Waals surface area (Å²) in [6.45, 7) is 0. The molecular formula is C6H5BrCl2N2O2S3. The summed E-state index contributed by atoms with van der Waals surface area (Å²) in [7, 11) is -3.92. The van der Waals surface area contributed by atoms with E-state index in [-0.39, 0.29) is 23.2 Å². The standard InChI is InChI=1S/C6H5BrCl2N2O2S3/c1-14-6(10)11-16(12,13)3-2(7)4(8)15-5(3)9/h1H3,(H2,10,11). The Morgan fingerprint density at radius 2 is 2.06 bits per heavy atom. The minimum absolute atomic E-state index is 0.0505. The monoisotopic (exact) mass is 382 g/mol. The zero-order valence-corrected chi connectivity index (χ0v) is 13.2. The average Bonchev–Trinajstić information content (AvgIpc) is 2.40. The van der Waals surface area contributed by atoms with Crippen LogP contribution in [0, 0.1) is 0 Å². The highest BCUT2D eigenvalue weighted by atomic mass is 79.9. The predicted octanol–water partition coefficient (Wildman–Crippen LogP) is 3.18. The van der Waals surface area contributed by atoms with Gasteiger partial charge in [-0.05, 0) is 22.2 Å². The molecule has 0 unspecified atom stereocenters. The molecule has 1 aromatic heterocycles. The van der Waals surface area contributed by atoms with E-state index < -0.39 is 10.0 Å². The summed E-state index contributed by atoms with van der Waals surface area (Å²) >= 11 is 16.5. The van der Waals surface area contributed by atoms with Crippen LogP contribution in [0.25, 0.3) is 0 Å². The molecule has 90 valence electrons. The molecule has 0 aliphatic heterocycles. The number of hydrogen-bond donors (Lipinski definition) is 1. The van der Waals surface area contributed by atoms with Gasteiger partial charge in [0, 0.05) is 0 Å².